The Morgan fingerprint density at radius 1 is 1.25 bits per heavy atom. The SMILES string of the molecule is CCOc1ccc2nc(SC=CC(=O)c3ccc(C)cc3)sc2c1. The van der Waals surface area contributed by atoms with Gasteiger partial charge in [0.05, 0.1) is 16.8 Å². The number of allylic oxidation sites excluding steroid dienone is 1. The molecule has 0 atom stereocenters. The fourth-order valence-corrected chi connectivity index (χ4v) is 3.97. The molecule has 0 N–H and O–H groups in total. The number of aromatic nitrogens is 1. The summed E-state index contributed by atoms with van der Waals surface area (Å²) in [5.74, 6) is 0.859. The normalized spacial score (nSPS) is 11.2. The third-order valence-electron chi connectivity index (χ3n) is 3.38. The van der Waals surface area contributed by atoms with Crippen molar-refractivity contribution in [3.8, 4) is 5.75 Å². The number of carbonyl (C=O) groups is 1. The molecule has 3 aromatic rings. The molecule has 0 amide bonds. The summed E-state index contributed by atoms with van der Waals surface area (Å²) in [4.78, 5) is 16.7. The van der Waals surface area contributed by atoms with Crippen LogP contribution in [0.1, 0.15) is 22.8 Å². The van der Waals surface area contributed by atoms with Crippen molar-refractivity contribution in [1.29, 1.82) is 0 Å². The molecule has 0 fully saturated rings. The molecule has 24 heavy (non-hydrogen) atoms. The van der Waals surface area contributed by atoms with E-state index in [0.717, 1.165) is 25.9 Å². The molecule has 0 saturated carbocycles. The molecule has 122 valence electrons. The van der Waals surface area contributed by atoms with E-state index in [-0.39, 0.29) is 5.78 Å². The fraction of sp³-hybridized carbons (Fsp3) is 0.158. The van der Waals surface area contributed by atoms with Crippen LogP contribution in [0.2, 0.25) is 0 Å². The minimum absolute atomic E-state index is 0.00208. The van der Waals surface area contributed by atoms with Gasteiger partial charge in [-0.25, -0.2) is 4.98 Å². The molecule has 3 rings (SSSR count). The monoisotopic (exact) mass is 355 g/mol. The summed E-state index contributed by atoms with van der Waals surface area (Å²) in [7, 11) is 0. The summed E-state index contributed by atoms with van der Waals surface area (Å²) >= 11 is 3.05. The van der Waals surface area contributed by atoms with Crippen LogP contribution in [0.4, 0.5) is 0 Å². The van der Waals surface area contributed by atoms with E-state index < -0.39 is 0 Å². The van der Waals surface area contributed by atoms with E-state index in [2.05, 4.69) is 4.98 Å². The summed E-state index contributed by atoms with van der Waals surface area (Å²) in [6.07, 6.45) is 1.59. The topological polar surface area (TPSA) is 39.2 Å². The molecule has 0 radical (unpaired) electrons. The number of fused-ring (bicyclic) bond motifs is 1. The Labute approximate surface area is 149 Å². The van der Waals surface area contributed by atoms with Gasteiger partial charge in [-0.15, -0.1) is 11.3 Å². The van der Waals surface area contributed by atoms with Crippen molar-refractivity contribution in [2.45, 2.75) is 18.2 Å². The lowest BCUT2D eigenvalue weighted by Gasteiger charge is -2.00. The number of nitrogens with zero attached hydrogens (tertiary/aromatic N) is 1. The van der Waals surface area contributed by atoms with Crippen molar-refractivity contribution in [2.75, 3.05) is 6.61 Å². The summed E-state index contributed by atoms with van der Waals surface area (Å²) in [5.41, 5.74) is 2.79. The highest BCUT2D eigenvalue weighted by Crippen LogP contribution is 2.32. The van der Waals surface area contributed by atoms with Crippen LogP contribution in [0.3, 0.4) is 0 Å². The summed E-state index contributed by atoms with van der Waals surface area (Å²) in [6.45, 7) is 4.62. The van der Waals surface area contributed by atoms with E-state index in [1.54, 1.807) is 22.8 Å². The van der Waals surface area contributed by atoms with Gasteiger partial charge in [0.2, 0.25) is 0 Å². The molecule has 1 heterocycles. The van der Waals surface area contributed by atoms with Crippen LogP contribution in [0, 0.1) is 6.92 Å². The maximum absolute atomic E-state index is 12.1. The van der Waals surface area contributed by atoms with Crippen LogP contribution < -0.4 is 4.74 Å². The van der Waals surface area contributed by atoms with E-state index in [1.165, 1.54) is 11.8 Å². The Hall–Kier alpha value is -2.11. The largest absolute Gasteiger partial charge is 0.494 e. The van der Waals surface area contributed by atoms with Crippen molar-refractivity contribution in [2.24, 2.45) is 0 Å². The molecule has 5 heteroatoms. The lowest BCUT2D eigenvalue weighted by atomic mass is 10.1. The van der Waals surface area contributed by atoms with Gasteiger partial charge in [0.1, 0.15) is 5.75 Å². The zero-order chi connectivity index (χ0) is 16.9. The molecule has 0 unspecified atom stereocenters. The Bertz CT molecular complexity index is 882. The molecule has 1 aromatic heterocycles. The van der Waals surface area contributed by atoms with Gasteiger partial charge in [0.25, 0.3) is 0 Å². The van der Waals surface area contributed by atoms with Gasteiger partial charge in [0, 0.05) is 5.56 Å². The molecule has 0 bridgehead atoms. The van der Waals surface area contributed by atoms with Gasteiger partial charge in [-0.3, -0.25) is 4.79 Å². The second-order valence-corrected chi connectivity index (χ2v) is 7.38. The lowest BCUT2D eigenvalue weighted by molar-refractivity contribution is 0.104. The fourth-order valence-electron chi connectivity index (χ4n) is 2.16. The van der Waals surface area contributed by atoms with Crippen LogP contribution in [-0.4, -0.2) is 17.4 Å². The van der Waals surface area contributed by atoms with E-state index in [1.807, 2.05) is 56.3 Å². The van der Waals surface area contributed by atoms with Crippen molar-refractivity contribution >= 4 is 39.1 Å². The average molecular weight is 355 g/mol. The Morgan fingerprint density at radius 2 is 2.04 bits per heavy atom. The molecule has 0 aliphatic carbocycles. The molecule has 0 aliphatic rings. The molecule has 3 nitrogen and oxygen atoms in total. The van der Waals surface area contributed by atoms with Crippen molar-refractivity contribution < 1.29 is 9.53 Å². The highest BCUT2D eigenvalue weighted by Gasteiger charge is 2.05. The first-order valence-electron chi connectivity index (χ1n) is 7.63. The van der Waals surface area contributed by atoms with E-state index in [0.29, 0.717) is 12.2 Å². The average Bonchev–Trinajstić information content (AvgIpc) is 2.97. The zero-order valence-corrected chi connectivity index (χ0v) is 15.1. The van der Waals surface area contributed by atoms with E-state index in [9.17, 15) is 4.79 Å². The molecule has 0 aliphatic heterocycles. The van der Waals surface area contributed by atoms with Crippen molar-refractivity contribution in [3.63, 3.8) is 0 Å². The Kier molecular flexibility index (Phi) is 5.33. The second-order valence-electron chi connectivity index (χ2n) is 5.19. The number of carbonyl (C=O) groups excluding carboxylic acids is 1. The van der Waals surface area contributed by atoms with Gasteiger partial charge in [-0.05, 0) is 43.5 Å². The first kappa shape index (κ1) is 16.7. The van der Waals surface area contributed by atoms with E-state index >= 15 is 0 Å². The van der Waals surface area contributed by atoms with Gasteiger partial charge < -0.3 is 4.74 Å². The number of hydrogen-bond donors (Lipinski definition) is 0. The smallest absolute Gasteiger partial charge is 0.186 e. The third-order valence-corrected chi connectivity index (χ3v) is 5.29. The van der Waals surface area contributed by atoms with Crippen molar-refractivity contribution in [1.82, 2.24) is 4.98 Å². The molecule has 2 aromatic carbocycles. The highest BCUT2D eigenvalue weighted by molar-refractivity contribution is 8.03. The summed E-state index contributed by atoms with van der Waals surface area (Å²) in [5, 5.41) is 1.79. The minimum Gasteiger partial charge on any atom is -0.494 e. The van der Waals surface area contributed by atoms with Gasteiger partial charge in [0.15, 0.2) is 10.1 Å². The Balaban J connectivity index is 1.68. The predicted molar refractivity (Wildman–Crippen MR) is 101 cm³/mol. The number of aryl methyl sites for hydroxylation is 1. The number of ether oxygens (including phenoxy) is 1. The first-order chi connectivity index (χ1) is 11.7. The standard InChI is InChI=1S/C19H17NO2S2/c1-3-22-15-8-9-16-18(12-15)24-19(20-16)23-11-10-17(21)14-6-4-13(2)5-7-14/h4-12H,3H2,1-2H3. The number of hydrogen-bond acceptors (Lipinski definition) is 5. The summed E-state index contributed by atoms with van der Waals surface area (Å²) in [6, 6.07) is 13.5. The van der Waals surface area contributed by atoms with E-state index in [4.69, 9.17) is 4.74 Å². The van der Waals surface area contributed by atoms with Crippen molar-refractivity contribution in [3.05, 3.63) is 65.1 Å². The summed E-state index contributed by atoms with van der Waals surface area (Å²) < 4.78 is 7.50. The third kappa shape index (κ3) is 4.04. The minimum atomic E-state index is 0.00208. The molecular formula is C19H17NO2S2. The maximum Gasteiger partial charge on any atom is 0.186 e. The Morgan fingerprint density at radius 3 is 2.79 bits per heavy atom. The van der Waals surface area contributed by atoms with Crippen LogP contribution in [-0.2, 0) is 0 Å². The lowest BCUT2D eigenvalue weighted by Crippen LogP contribution is -1.93. The van der Waals surface area contributed by atoms with Crippen LogP contribution >= 0.6 is 23.1 Å². The number of ketones is 1. The van der Waals surface area contributed by atoms with Gasteiger partial charge in [-0.2, -0.15) is 0 Å². The number of benzene rings is 2. The highest BCUT2D eigenvalue weighted by atomic mass is 32.2. The molecular weight excluding hydrogens is 338 g/mol. The van der Waals surface area contributed by atoms with Gasteiger partial charge >= 0.3 is 0 Å². The first-order valence-corrected chi connectivity index (χ1v) is 9.33. The van der Waals surface area contributed by atoms with Crippen LogP contribution in [0.15, 0.2) is 58.3 Å². The second kappa shape index (κ2) is 7.64. The number of rotatable bonds is 6. The quantitative estimate of drug-likeness (QED) is 0.333. The maximum atomic E-state index is 12.1. The van der Waals surface area contributed by atoms with Gasteiger partial charge in [-0.1, -0.05) is 41.6 Å². The molecule has 0 spiro atoms. The predicted octanol–water partition coefficient (Wildman–Crippen LogP) is 5.49. The molecule has 0 saturated heterocycles. The number of thioether (sulfide) groups is 1. The van der Waals surface area contributed by atoms with Crippen LogP contribution in [0.5, 0.6) is 5.75 Å². The zero-order valence-electron chi connectivity index (χ0n) is 13.5. The number of thiazole rings is 1. The van der Waals surface area contributed by atoms with Crippen LogP contribution in [0.25, 0.3) is 10.2 Å².